The number of fused-ring (bicyclic) bond motifs is 1. The summed E-state index contributed by atoms with van der Waals surface area (Å²) in [4.78, 5) is 24.8. The van der Waals surface area contributed by atoms with Crippen LogP contribution in [0.4, 0.5) is 0 Å². The second-order valence-electron chi connectivity index (χ2n) is 2.58. The van der Waals surface area contributed by atoms with E-state index >= 15 is 0 Å². The number of carbonyl (C=O) groups excluding carboxylic acids is 2. The smallest absolute Gasteiger partial charge is 0.267 e. The third-order valence-corrected chi connectivity index (χ3v) is 2.05. The third-order valence-electron chi connectivity index (χ3n) is 1.88. The quantitative estimate of drug-likeness (QED) is 0.537. The van der Waals surface area contributed by atoms with Crippen molar-refractivity contribution in [2.75, 3.05) is 0 Å². The Bertz CT molecular complexity index is 356. The van der Waals surface area contributed by atoms with Gasteiger partial charge in [-0.2, -0.15) is 5.01 Å². The van der Waals surface area contributed by atoms with E-state index in [9.17, 15) is 9.59 Å². The summed E-state index contributed by atoms with van der Waals surface area (Å²) < 4.78 is 0. The first-order valence-corrected chi connectivity index (χ1v) is 3.97. The average Bonchev–Trinajstić information content (AvgIpc) is 2.41. The van der Waals surface area contributed by atoms with Gasteiger partial charge in [-0.15, -0.1) is 4.94 Å². The van der Waals surface area contributed by atoms with Gasteiger partial charge in [0, 0.05) is 0 Å². The zero-order chi connectivity index (χ0) is 9.42. The number of benzene rings is 1. The van der Waals surface area contributed by atoms with Crippen LogP contribution in [-0.2, 0) is 0 Å². The fourth-order valence-electron chi connectivity index (χ4n) is 1.27. The fourth-order valence-corrected chi connectivity index (χ4v) is 1.42. The van der Waals surface area contributed by atoms with Crippen LogP contribution >= 0.6 is 11.8 Å². The number of imide groups is 1. The maximum atomic E-state index is 11.4. The summed E-state index contributed by atoms with van der Waals surface area (Å²) in [5.74, 6) is -0.841. The minimum absolute atomic E-state index is 0.376. The lowest BCUT2D eigenvalue weighted by molar-refractivity contribution is 0.0621. The average molecular weight is 197 g/mol. The van der Waals surface area contributed by atoms with Crippen molar-refractivity contribution in [2.24, 2.45) is 0 Å². The highest BCUT2D eigenvalue weighted by Crippen LogP contribution is 2.20. The van der Waals surface area contributed by atoms with Gasteiger partial charge in [0.25, 0.3) is 11.8 Å². The van der Waals surface area contributed by atoms with Gasteiger partial charge >= 0.3 is 0 Å². The van der Waals surface area contributed by atoms with Gasteiger partial charge in [-0.25, -0.2) is 0 Å². The molecule has 0 aromatic heterocycles. The summed E-state index contributed by atoms with van der Waals surface area (Å²) in [5, 5.41) is 0.770. The van der Waals surface area contributed by atoms with Crippen LogP contribution in [0.5, 0.6) is 0 Å². The molecule has 66 valence electrons. The van der Waals surface area contributed by atoms with Crippen LogP contribution < -0.4 is 4.94 Å². The number of nitrogens with zero attached hydrogens (tertiary/aromatic N) is 1. The van der Waals surface area contributed by atoms with Gasteiger partial charge < -0.3 is 0 Å². The molecule has 13 heavy (non-hydrogen) atoms. The number of hydrogen-bond acceptors (Lipinski definition) is 3. The Kier molecular flexibility index (Phi) is 1.79. The van der Waals surface area contributed by atoms with Crippen LogP contribution in [0.3, 0.4) is 0 Å². The molecule has 1 aromatic rings. The number of nitrogens with one attached hydrogen (secondary N) is 1. The topological polar surface area (TPSA) is 49.4 Å². The largest absolute Gasteiger partial charge is 0.277 e. The normalized spacial score (nSPS) is 15.0. The molecular formula is C8H5ClN2O2. The summed E-state index contributed by atoms with van der Waals surface area (Å²) in [5.41, 5.74) is 0.751. The second-order valence-corrected chi connectivity index (χ2v) is 2.74. The molecule has 2 rings (SSSR count). The van der Waals surface area contributed by atoms with Gasteiger partial charge in [0.1, 0.15) is 0 Å². The molecule has 0 atom stereocenters. The van der Waals surface area contributed by atoms with Crippen LogP contribution in [0.2, 0.25) is 0 Å². The molecule has 0 spiro atoms. The van der Waals surface area contributed by atoms with Crippen molar-refractivity contribution in [3.63, 3.8) is 0 Å². The van der Waals surface area contributed by atoms with Crippen LogP contribution in [-0.4, -0.2) is 16.8 Å². The van der Waals surface area contributed by atoms with Crippen molar-refractivity contribution < 1.29 is 9.59 Å². The number of hydrogen-bond donors (Lipinski definition) is 1. The molecule has 0 saturated heterocycles. The summed E-state index contributed by atoms with van der Waals surface area (Å²) in [6.07, 6.45) is 0. The zero-order valence-corrected chi connectivity index (χ0v) is 7.21. The first kappa shape index (κ1) is 8.22. The molecule has 1 aliphatic rings. The highest BCUT2D eigenvalue weighted by molar-refractivity contribution is 6.24. The lowest BCUT2D eigenvalue weighted by atomic mass is 10.1. The highest BCUT2D eigenvalue weighted by Gasteiger charge is 2.34. The Labute approximate surface area is 79.2 Å². The first-order chi connectivity index (χ1) is 6.25. The van der Waals surface area contributed by atoms with Gasteiger partial charge in [0.2, 0.25) is 0 Å². The summed E-state index contributed by atoms with van der Waals surface area (Å²) in [7, 11) is 0. The van der Waals surface area contributed by atoms with Crippen LogP contribution in [0.1, 0.15) is 20.7 Å². The van der Waals surface area contributed by atoms with E-state index in [0.717, 1.165) is 5.01 Å². The SMILES string of the molecule is O=C1c2ccccc2C(=O)N1NCl. The van der Waals surface area contributed by atoms with E-state index in [2.05, 4.69) is 0 Å². The second kappa shape index (κ2) is 2.83. The van der Waals surface area contributed by atoms with Crippen molar-refractivity contribution >= 4 is 23.6 Å². The summed E-state index contributed by atoms with van der Waals surface area (Å²) in [6, 6.07) is 6.57. The number of hydrazine groups is 1. The van der Waals surface area contributed by atoms with E-state index in [1.165, 1.54) is 0 Å². The lowest BCUT2D eigenvalue weighted by Crippen LogP contribution is -2.36. The third kappa shape index (κ3) is 1.03. The highest BCUT2D eigenvalue weighted by atomic mass is 35.5. The van der Waals surface area contributed by atoms with Gasteiger partial charge in [0.15, 0.2) is 0 Å². The zero-order valence-electron chi connectivity index (χ0n) is 6.45. The molecule has 0 aliphatic carbocycles. The molecule has 0 radical (unpaired) electrons. The van der Waals surface area contributed by atoms with Gasteiger partial charge in [-0.05, 0) is 23.9 Å². The number of halogens is 1. The standard InChI is InChI=1S/C8H5ClN2O2/c9-10-11-7(12)5-3-1-2-4-6(5)8(11)13/h1-4,10H. The minimum Gasteiger partial charge on any atom is -0.267 e. The van der Waals surface area contributed by atoms with E-state index in [4.69, 9.17) is 11.8 Å². The molecule has 0 fully saturated rings. The van der Waals surface area contributed by atoms with Crippen molar-refractivity contribution in [1.29, 1.82) is 0 Å². The first-order valence-electron chi connectivity index (χ1n) is 3.60. The molecule has 1 N–H and O–H groups in total. The summed E-state index contributed by atoms with van der Waals surface area (Å²) in [6.45, 7) is 0. The Morgan fingerprint density at radius 2 is 1.54 bits per heavy atom. The Balaban J connectivity index is 2.57. The van der Waals surface area contributed by atoms with E-state index in [1.54, 1.807) is 24.3 Å². The molecule has 0 bridgehead atoms. The van der Waals surface area contributed by atoms with Crippen LogP contribution in [0, 0.1) is 0 Å². The van der Waals surface area contributed by atoms with E-state index in [1.807, 2.05) is 4.94 Å². The molecule has 5 heteroatoms. The lowest BCUT2D eigenvalue weighted by Gasteiger charge is -2.07. The van der Waals surface area contributed by atoms with Gasteiger partial charge in [-0.3, -0.25) is 9.59 Å². The van der Waals surface area contributed by atoms with E-state index in [0.29, 0.717) is 11.1 Å². The predicted octanol–water partition coefficient (Wildman–Crippen LogP) is 0.941. The molecule has 1 aliphatic heterocycles. The predicted molar refractivity (Wildman–Crippen MR) is 45.9 cm³/mol. The van der Waals surface area contributed by atoms with Crippen LogP contribution in [0.15, 0.2) is 24.3 Å². The molecular weight excluding hydrogens is 192 g/mol. The van der Waals surface area contributed by atoms with Crippen LogP contribution in [0.25, 0.3) is 0 Å². The maximum absolute atomic E-state index is 11.4. The van der Waals surface area contributed by atoms with E-state index in [-0.39, 0.29) is 0 Å². The fraction of sp³-hybridized carbons (Fsp3) is 0. The Morgan fingerprint density at radius 3 is 1.92 bits per heavy atom. The molecule has 0 saturated carbocycles. The summed E-state index contributed by atoms with van der Waals surface area (Å²) >= 11 is 5.22. The number of amides is 2. The van der Waals surface area contributed by atoms with Crippen molar-refractivity contribution in [3.05, 3.63) is 35.4 Å². The van der Waals surface area contributed by atoms with Gasteiger partial charge in [-0.1, -0.05) is 12.1 Å². The minimum atomic E-state index is -0.421. The monoisotopic (exact) mass is 196 g/mol. The number of rotatable bonds is 1. The van der Waals surface area contributed by atoms with E-state index < -0.39 is 11.8 Å². The Hall–Kier alpha value is -1.39. The van der Waals surface area contributed by atoms with Crippen molar-refractivity contribution in [3.8, 4) is 0 Å². The molecule has 0 unspecified atom stereocenters. The molecule has 1 heterocycles. The van der Waals surface area contributed by atoms with Crippen molar-refractivity contribution in [1.82, 2.24) is 9.95 Å². The molecule has 4 nitrogen and oxygen atoms in total. The molecule has 2 amide bonds. The number of carbonyl (C=O) groups is 2. The van der Waals surface area contributed by atoms with Crippen molar-refractivity contribution in [2.45, 2.75) is 0 Å². The maximum Gasteiger partial charge on any atom is 0.277 e. The molecule has 1 aromatic carbocycles. The Morgan fingerprint density at radius 1 is 1.08 bits per heavy atom. The van der Waals surface area contributed by atoms with Gasteiger partial charge in [0.05, 0.1) is 11.1 Å².